The van der Waals surface area contributed by atoms with Gasteiger partial charge in [0.1, 0.15) is 6.67 Å². The first kappa shape index (κ1) is 13.5. The lowest BCUT2D eigenvalue weighted by Gasteiger charge is -2.30. The molecule has 0 aromatic carbocycles. The van der Waals surface area contributed by atoms with Crippen LogP contribution in [-0.2, 0) is 0 Å². The second-order valence-electron chi connectivity index (χ2n) is 4.41. The van der Waals surface area contributed by atoms with Crippen molar-refractivity contribution in [1.82, 2.24) is 9.58 Å². The van der Waals surface area contributed by atoms with Crippen molar-refractivity contribution < 1.29 is 9.53 Å². The minimum atomic E-state index is -0.254. The van der Waals surface area contributed by atoms with Gasteiger partial charge in [-0.05, 0) is 13.3 Å². The maximum absolute atomic E-state index is 12.3. The van der Waals surface area contributed by atoms with Gasteiger partial charge < -0.3 is 15.1 Å². The largest absolute Gasteiger partial charge is 0.487 e. The van der Waals surface area contributed by atoms with Crippen LogP contribution in [0.4, 0.5) is 0 Å². The fraction of sp³-hybridized carbons (Fsp3) is 0.538. The maximum Gasteiger partial charge on any atom is 0.277 e. The van der Waals surface area contributed by atoms with Gasteiger partial charge in [-0.1, -0.05) is 13.3 Å². The first-order valence-electron chi connectivity index (χ1n) is 6.60. The molecule has 2 rings (SSSR count). The van der Waals surface area contributed by atoms with Gasteiger partial charge in [0.2, 0.25) is 5.43 Å². The van der Waals surface area contributed by atoms with Crippen molar-refractivity contribution in [3.63, 3.8) is 0 Å². The third-order valence-electron chi connectivity index (χ3n) is 3.10. The molecule has 6 heteroatoms. The lowest BCUT2D eigenvalue weighted by atomic mass is 10.2. The number of hydrogen-bond donors (Lipinski definition) is 1. The van der Waals surface area contributed by atoms with Crippen molar-refractivity contribution in [2.75, 3.05) is 25.2 Å². The Hall–Kier alpha value is -1.98. The molecular formula is C13H19N3O3. The summed E-state index contributed by atoms with van der Waals surface area (Å²) in [6.07, 6.45) is 3.39. The fourth-order valence-corrected chi connectivity index (χ4v) is 1.95. The van der Waals surface area contributed by atoms with E-state index < -0.39 is 0 Å². The predicted octanol–water partition coefficient (Wildman–Crippen LogP) is 1.00. The molecule has 1 aromatic rings. The molecule has 0 spiro atoms. The van der Waals surface area contributed by atoms with E-state index in [9.17, 15) is 9.59 Å². The van der Waals surface area contributed by atoms with Crippen molar-refractivity contribution in [3.05, 3.63) is 28.2 Å². The Balaban J connectivity index is 2.37. The number of carbonyl (C=O) groups is 1. The highest BCUT2D eigenvalue weighted by Gasteiger charge is 2.27. The minimum absolute atomic E-state index is 0.145. The quantitative estimate of drug-likeness (QED) is 0.807. The molecule has 1 amide bonds. The summed E-state index contributed by atoms with van der Waals surface area (Å²) in [5, 5.41) is 0. The van der Waals surface area contributed by atoms with Gasteiger partial charge in [-0.3, -0.25) is 14.3 Å². The Bertz CT molecular complexity index is 524. The fourth-order valence-electron chi connectivity index (χ4n) is 1.95. The molecule has 0 radical (unpaired) electrons. The van der Waals surface area contributed by atoms with Crippen LogP contribution in [0.15, 0.2) is 17.1 Å². The van der Waals surface area contributed by atoms with Crippen LogP contribution in [0.2, 0.25) is 0 Å². The first-order valence-corrected chi connectivity index (χ1v) is 6.60. The number of rotatable bonds is 5. The summed E-state index contributed by atoms with van der Waals surface area (Å²) in [6.45, 7) is 5.40. The molecule has 6 nitrogen and oxygen atoms in total. The molecule has 0 bridgehead atoms. The molecule has 0 atom stereocenters. The van der Waals surface area contributed by atoms with Gasteiger partial charge in [0.25, 0.3) is 5.91 Å². The topological polar surface area (TPSA) is 63.6 Å². The average Bonchev–Trinajstić information content (AvgIpc) is 2.42. The Kier molecular flexibility index (Phi) is 4.09. The van der Waals surface area contributed by atoms with Crippen molar-refractivity contribution in [2.24, 2.45) is 0 Å². The van der Waals surface area contributed by atoms with Crippen LogP contribution in [0.25, 0.3) is 0 Å². The molecule has 0 saturated carbocycles. The van der Waals surface area contributed by atoms with Gasteiger partial charge >= 0.3 is 0 Å². The maximum atomic E-state index is 12.3. The van der Waals surface area contributed by atoms with Gasteiger partial charge in [-0.15, -0.1) is 0 Å². The smallest absolute Gasteiger partial charge is 0.277 e. The summed E-state index contributed by atoms with van der Waals surface area (Å²) in [4.78, 5) is 25.8. The van der Waals surface area contributed by atoms with E-state index in [4.69, 9.17) is 4.74 Å². The number of pyridine rings is 1. The monoisotopic (exact) mass is 265 g/mol. The van der Waals surface area contributed by atoms with Gasteiger partial charge in [0.05, 0.1) is 6.61 Å². The number of ether oxygens (including phenoxy) is 1. The lowest BCUT2D eigenvalue weighted by Crippen LogP contribution is -2.46. The van der Waals surface area contributed by atoms with E-state index in [1.54, 1.807) is 15.8 Å². The summed E-state index contributed by atoms with van der Waals surface area (Å²) >= 11 is 0. The second kappa shape index (κ2) is 5.77. The second-order valence-corrected chi connectivity index (χ2v) is 4.41. The molecule has 1 N–H and O–H groups in total. The van der Waals surface area contributed by atoms with Crippen molar-refractivity contribution in [2.45, 2.75) is 26.7 Å². The highest BCUT2D eigenvalue weighted by Crippen LogP contribution is 2.18. The molecule has 0 unspecified atom stereocenters. The van der Waals surface area contributed by atoms with Crippen molar-refractivity contribution >= 4 is 5.91 Å². The van der Waals surface area contributed by atoms with Gasteiger partial charge in [0, 0.05) is 18.8 Å². The molecule has 19 heavy (non-hydrogen) atoms. The van der Waals surface area contributed by atoms with Crippen molar-refractivity contribution in [3.8, 4) is 5.75 Å². The van der Waals surface area contributed by atoms with Crippen LogP contribution in [-0.4, -0.2) is 35.3 Å². The number of nitrogens with one attached hydrogen (secondary N) is 1. The number of carbonyl (C=O) groups excluding carboxylic acids is 1. The average molecular weight is 265 g/mol. The molecule has 2 heterocycles. The molecule has 1 aliphatic rings. The van der Waals surface area contributed by atoms with E-state index in [0.717, 1.165) is 12.8 Å². The van der Waals surface area contributed by atoms with Crippen LogP contribution in [0.3, 0.4) is 0 Å². The van der Waals surface area contributed by atoms with E-state index in [2.05, 4.69) is 5.43 Å². The highest BCUT2D eigenvalue weighted by molar-refractivity contribution is 5.96. The molecule has 1 aromatic heterocycles. The SMILES string of the molecule is CCCCOc1c2n(ccc1=O)NCN(CC)C2=O. The molecule has 1 aliphatic heterocycles. The van der Waals surface area contributed by atoms with E-state index in [1.807, 2.05) is 13.8 Å². The number of nitrogens with zero attached hydrogens (tertiary/aromatic N) is 2. The summed E-state index contributed by atoms with van der Waals surface area (Å²) in [5.74, 6) is -0.0305. The molecule has 0 saturated heterocycles. The molecular weight excluding hydrogens is 246 g/mol. The summed E-state index contributed by atoms with van der Waals surface area (Å²) in [5.41, 5.74) is 3.09. The standard InChI is InChI=1S/C13H19N3O3/c1-3-5-8-19-12-10(17)6-7-16-11(12)13(18)15(4-2)9-14-16/h6-7,14H,3-5,8-9H2,1-2H3. The van der Waals surface area contributed by atoms with Crippen LogP contribution in [0.5, 0.6) is 5.75 Å². The number of amides is 1. The third kappa shape index (κ3) is 2.57. The normalized spacial score (nSPS) is 14.0. The minimum Gasteiger partial charge on any atom is -0.487 e. The van der Waals surface area contributed by atoms with E-state index in [0.29, 0.717) is 19.8 Å². The third-order valence-corrected chi connectivity index (χ3v) is 3.10. The zero-order chi connectivity index (χ0) is 13.8. The summed E-state index contributed by atoms with van der Waals surface area (Å²) < 4.78 is 7.08. The Labute approximate surface area is 111 Å². The Morgan fingerprint density at radius 3 is 2.84 bits per heavy atom. The predicted molar refractivity (Wildman–Crippen MR) is 72.0 cm³/mol. The Morgan fingerprint density at radius 2 is 2.16 bits per heavy atom. The summed E-state index contributed by atoms with van der Waals surface area (Å²) in [6, 6.07) is 1.41. The van der Waals surface area contributed by atoms with Crippen LogP contribution >= 0.6 is 0 Å². The van der Waals surface area contributed by atoms with Gasteiger partial charge in [-0.2, -0.15) is 0 Å². The number of unbranched alkanes of at least 4 members (excludes halogenated alkanes) is 1. The van der Waals surface area contributed by atoms with Crippen LogP contribution < -0.4 is 15.6 Å². The lowest BCUT2D eigenvalue weighted by molar-refractivity contribution is 0.0729. The van der Waals surface area contributed by atoms with E-state index in [1.165, 1.54) is 6.07 Å². The molecule has 0 aliphatic carbocycles. The van der Waals surface area contributed by atoms with Crippen LogP contribution in [0.1, 0.15) is 37.2 Å². The zero-order valence-corrected chi connectivity index (χ0v) is 11.3. The molecule has 104 valence electrons. The van der Waals surface area contributed by atoms with Gasteiger partial charge in [0.15, 0.2) is 11.4 Å². The number of fused-ring (bicyclic) bond motifs is 1. The molecule has 0 fully saturated rings. The van der Waals surface area contributed by atoms with E-state index in [-0.39, 0.29) is 22.8 Å². The van der Waals surface area contributed by atoms with E-state index >= 15 is 0 Å². The van der Waals surface area contributed by atoms with Crippen LogP contribution in [0, 0.1) is 0 Å². The number of aromatic nitrogens is 1. The zero-order valence-electron chi connectivity index (χ0n) is 11.3. The highest BCUT2D eigenvalue weighted by atomic mass is 16.5. The summed E-state index contributed by atoms with van der Waals surface area (Å²) in [7, 11) is 0. The van der Waals surface area contributed by atoms with Crippen molar-refractivity contribution in [1.29, 1.82) is 0 Å². The van der Waals surface area contributed by atoms with Gasteiger partial charge in [-0.25, -0.2) is 0 Å². The number of hydrogen-bond acceptors (Lipinski definition) is 4. The Morgan fingerprint density at radius 1 is 1.37 bits per heavy atom. The first-order chi connectivity index (χ1) is 9.19.